The highest BCUT2D eigenvalue weighted by Crippen LogP contribution is 2.20. The molecule has 1 aliphatic heterocycles. The van der Waals surface area contributed by atoms with Gasteiger partial charge in [-0.15, -0.1) is 0 Å². The number of aromatic nitrogens is 1. The number of ether oxygens (including phenoxy) is 1. The number of hydrogen-bond donors (Lipinski definition) is 1. The van der Waals surface area contributed by atoms with Gasteiger partial charge >= 0.3 is 6.09 Å². The number of hydrogen-bond acceptors (Lipinski definition) is 6. The monoisotopic (exact) mass is 370 g/mol. The molecule has 2 rings (SSSR count). The number of amides is 1. The summed E-state index contributed by atoms with van der Waals surface area (Å²) >= 11 is 0. The van der Waals surface area contributed by atoms with Crippen LogP contribution in [0.2, 0.25) is 0 Å². The molecule has 0 radical (unpaired) electrons. The largest absolute Gasteiger partial charge is 0.444 e. The molecule has 0 saturated carbocycles. The second kappa shape index (κ2) is 7.57. The zero-order valence-corrected chi connectivity index (χ0v) is 16.0. The van der Waals surface area contributed by atoms with Crippen molar-refractivity contribution in [1.82, 2.24) is 14.6 Å². The Balaban J connectivity index is 2.00. The molecule has 1 aliphatic rings. The van der Waals surface area contributed by atoms with Crippen LogP contribution in [0.1, 0.15) is 26.3 Å². The van der Waals surface area contributed by atoms with Gasteiger partial charge in [-0.25, -0.2) is 22.9 Å². The van der Waals surface area contributed by atoms with Gasteiger partial charge < -0.3 is 14.5 Å². The van der Waals surface area contributed by atoms with Crippen molar-refractivity contribution >= 4 is 21.9 Å². The van der Waals surface area contributed by atoms with Crippen LogP contribution in [-0.2, 0) is 21.3 Å². The number of sulfonamides is 1. The van der Waals surface area contributed by atoms with Crippen LogP contribution < -0.4 is 9.62 Å². The zero-order chi connectivity index (χ0) is 18.7. The number of nitrogens with one attached hydrogen (secondary N) is 1. The Labute approximate surface area is 149 Å². The normalized spacial score (nSPS) is 16.0. The summed E-state index contributed by atoms with van der Waals surface area (Å²) in [6.45, 7) is 8.01. The first-order valence-electron chi connectivity index (χ1n) is 8.16. The first kappa shape index (κ1) is 19.5. The molecule has 1 saturated heterocycles. The minimum atomic E-state index is -3.27. The number of anilines is 1. The number of carbonyl (C=O) groups is 1. The van der Waals surface area contributed by atoms with Crippen LogP contribution >= 0.6 is 0 Å². The molecular weight excluding hydrogens is 344 g/mol. The lowest BCUT2D eigenvalue weighted by atomic mass is 10.2. The van der Waals surface area contributed by atoms with Crippen molar-refractivity contribution in [3.05, 3.63) is 23.9 Å². The van der Waals surface area contributed by atoms with Crippen molar-refractivity contribution < 1.29 is 17.9 Å². The van der Waals surface area contributed by atoms with Gasteiger partial charge in [-0.1, -0.05) is 6.07 Å². The van der Waals surface area contributed by atoms with Crippen molar-refractivity contribution in [2.24, 2.45) is 0 Å². The minimum absolute atomic E-state index is 0.189. The summed E-state index contributed by atoms with van der Waals surface area (Å²) in [5.41, 5.74) is 0.290. The fourth-order valence-corrected chi connectivity index (χ4v) is 2.91. The molecule has 2 heterocycles. The SMILES string of the molecule is CC(C)(C)OC(=O)N1CCN(c2ncccc2CNS(C)(=O)=O)CC1. The molecule has 0 atom stereocenters. The molecule has 0 aliphatic carbocycles. The Bertz CT molecular complexity index is 707. The average molecular weight is 370 g/mol. The van der Waals surface area contributed by atoms with E-state index in [4.69, 9.17) is 4.74 Å². The van der Waals surface area contributed by atoms with E-state index in [1.54, 1.807) is 17.2 Å². The lowest BCUT2D eigenvalue weighted by molar-refractivity contribution is 0.0240. The molecule has 0 unspecified atom stereocenters. The van der Waals surface area contributed by atoms with Crippen LogP contribution in [0.4, 0.5) is 10.6 Å². The third-order valence-electron chi connectivity index (χ3n) is 3.62. The fourth-order valence-electron chi connectivity index (χ4n) is 2.49. The molecule has 1 fully saturated rings. The summed E-state index contributed by atoms with van der Waals surface area (Å²) < 4.78 is 30.5. The van der Waals surface area contributed by atoms with Crippen LogP contribution in [0.15, 0.2) is 18.3 Å². The summed E-state index contributed by atoms with van der Waals surface area (Å²) in [7, 11) is -3.27. The van der Waals surface area contributed by atoms with Gasteiger partial charge in [-0.05, 0) is 26.8 Å². The van der Waals surface area contributed by atoms with Gasteiger partial charge in [-0.3, -0.25) is 0 Å². The van der Waals surface area contributed by atoms with E-state index in [2.05, 4.69) is 14.6 Å². The van der Waals surface area contributed by atoms with Gasteiger partial charge in [0.1, 0.15) is 11.4 Å². The van der Waals surface area contributed by atoms with Crippen molar-refractivity contribution in [2.75, 3.05) is 37.3 Å². The van der Waals surface area contributed by atoms with Gasteiger partial charge in [-0.2, -0.15) is 0 Å². The molecular formula is C16H26N4O4S. The van der Waals surface area contributed by atoms with Crippen molar-refractivity contribution in [1.29, 1.82) is 0 Å². The Kier molecular flexibility index (Phi) is 5.89. The molecule has 0 bridgehead atoms. The highest BCUT2D eigenvalue weighted by atomic mass is 32.2. The number of pyridine rings is 1. The maximum Gasteiger partial charge on any atom is 0.410 e. The smallest absolute Gasteiger partial charge is 0.410 e. The van der Waals surface area contributed by atoms with Gasteiger partial charge in [0.25, 0.3) is 0 Å². The van der Waals surface area contributed by atoms with E-state index in [0.29, 0.717) is 26.2 Å². The average Bonchev–Trinajstić information content (AvgIpc) is 2.51. The first-order valence-corrected chi connectivity index (χ1v) is 10.1. The number of carbonyl (C=O) groups excluding carboxylic acids is 1. The number of nitrogens with zero attached hydrogens (tertiary/aromatic N) is 3. The van der Waals surface area contributed by atoms with E-state index in [0.717, 1.165) is 17.6 Å². The van der Waals surface area contributed by atoms with Gasteiger partial charge in [0.05, 0.1) is 6.26 Å². The topological polar surface area (TPSA) is 91.8 Å². The highest BCUT2D eigenvalue weighted by molar-refractivity contribution is 7.88. The molecule has 9 heteroatoms. The number of piperazine rings is 1. The van der Waals surface area contributed by atoms with Crippen molar-refractivity contribution in [3.8, 4) is 0 Å². The van der Waals surface area contributed by atoms with E-state index in [-0.39, 0.29) is 12.6 Å². The second-order valence-electron chi connectivity index (χ2n) is 7.03. The third kappa shape index (κ3) is 6.17. The predicted octanol–water partition coefficient (Wildman–Crippen LogP) is 1.19. The lowest BCUT2D eigenvalue weighted by Crippen LogP contribution is -2.50. The Morgan fingerprint density at radius 1 is 1.28 bits per heavy atom. The van der Waals surface area contributed by atoms with Crippen molar-refractivity contribution in [2.45, 2.75) is 32.9 Å². The van der Waals surface area contributed by atoms with E-state index >= 15 is 0 Å². The van der Waals surface area contributed by atoms with Gasteiger partial charge in [0.15, 0.2) is 0 Å². The molecule has 1 N–H and O–H groups in total. The summed E-state index contributed by atoms with van der Waals surface area (Å²) in [5, 5.41) is 0. The van der Waals surface area contributed by atoms with E-state index < -0.39 is 15.6 Å². The molecule has 8 nitrogen and oxygen atoms in total. The summed E-state index contributed by atoms with van der Waals surface area (Å²) in [5.74, 6) is 0.738. The molecule has 140 valence electrons. The highest BCUT2D eigenvalue weighted by Gasteiger charge is 2.27. The quantitative estimate of drug-likeness (QED) is 0.856. The van der Waals surface area contributed by atoms with Crippen LogP contribution in [0.3, 0.4) is 0 Å². The third-order valence-corrected chi connectivity index (χ3v) is 4.29. The van der Waals surface area contributed by atoms with Crippen LogP contribution in [0, 0.1) is 0 Å². The Morgan fingerprint density at radius 2 is 1.92 bits per heavy atom. The maximum atomic E-state index is 12.1. The van der Waals surface area contributed by atoms with Crippen LogP contribution in [-0.4, -0.2) is 62.4 Å². The van der Waals surface area contributed by atoms with Gasteiger partial charge in [0, 0.05) is 44.5 Å². The molecule has 0 aromatic carbocycles. The first-order chi connectivity index (χ1) is 11.6. The summed E-state index contributed by atoms with van der Waals surface area (Å²) in [6.07, 6.45) is 2.49. The van der Waals surface area contributed by atoms with Gasteiger partial charge in [0.2, 0.25) is 10.0 Å². The summed E-state index contributed by atoms with van der Waals surface area (Å²) in [4.78, 5) is 20.3. The fraction of sp³-hybridized carbons (Fsp3) is 0.625. The van der Waals surface area contributed by atoms with Crippen LogP contribution in [0.5, 0.6) is 0 Å². The molecule has 25 heavy (non-hydrogen) atoms. The Morgan fingerprint density at radius 3 is 2.48 bits per heavy atom. The molecule has 1 aromatic rings. The molecule has 1 aromatic heterocycles. The minimum Gasteiger partial charge on any atom is -0.444 e. The van der Waals surface area contributed by atoms with Crippen LogP contribution in [0.25, 0.3) is 0 Å². The van der Waals surface area contributed by atoms with E-state index in [1.165, 1.54) is 0 Å². The zero-order valence-electron chi connectivity index (χ0n) is 15.2. The lowest BCUT2D eigenvalue weighted by Gasteiger charge is -2.36. The Hall–Kier alpha value is -1.87. The predicted molar refractivity (Wildman–Crippen MR) is 95.9 cm³/mol. The van der Waals surface area contributed by atoms with E-state index in [9.17, 15) is 13.2 Å². The summed E-state index contributed by atoms with van der Waals surface area (Å²) in [6, 6.07) is 3.63. The van der Waals surface area contributed by atoms with Crippen molar-refractivity contribution in [3.63, 3.8) is 0 Å². The maximum absolute atomic E-state index is 12.1. The molecule has 1 amide bonds. The standard InChI is InChI=1S/C16H26N4O4S/c1-16(2,3)24-15(21)20-10-8-19(9-11-20)14-13(6-5-7-17-14)12-18-25(4,22)23/h5-7,18H,8-12H2,1-4H3. The second-order valence-corrected chi connectivity index (χ2v) is 8.87. The molecule has 0 spiro atoms. The number of rotatable bonds is 4. The van der Waals surface area contributed by atoms with E-state index in [1.807, 2.05) is 26.8 Å².